The second kappa shape index (κ2) is 10.2. The van der Waals surface area contributed by atoms with Crippen molar-refractivity contribution < 1.29 is 14.0 Å². The summed E-state index contributed by atoms with van der Waals surface area (Å²) in [5.74, 6) is 0.178. The van der Waals surface area contributed by atoms with Gasteiger partial charge >= 0.3 is 0 Å². The van der Waals surface area contributed by atoms with E-state index in [2.05, 4.69) is 5.32 Å². The Labute approximate surface area is 198 Å². The van der Waals surface area contributed by atoms with Gasteiger partial charge in [-0.3, -0.25) is 9.59 Å². The molecule has 0 aliphatic carbocycles. The highest BCUT2D eigenvalue weighted by atomic mass is 35.5. The number of anilines is 1. The third-order valence-corrected chi connectivity index (χ3v) is 6.99. The summed E-state index contributed by atoms with van der Waals surface area (Å²) >= 11 is 8.86. The van der Waals surface area contributed by atoms with Crippen LogP contribution in [-0.4, -0.2) is 17.6 Å². The van der Waals surface area contributed by atoms with E-state index in [4.69, 9.17) is 21.8 Å². The number of fused-ring (bicyclic) bond motifs is 1. The number of thioether (sulfide) groups is 2. The van der Waals surface area contributed by atoms with Gasteiger partial charge in [0.15, 0.2) is 5.76 Å². The molecule has 0 fully saturated rings. The first-order valence-electron chi connectivity index (χ1n) is 9.71. The number of benzene rings is 3. The van der Waals surface area contributed by atoms with Gasteiger partial charge in [0.2, 0.25) is 5.91 Å². The van der Waals surface area contributed by atoms with Gasteiger partial charge in [0.05, 0.1) is 11.4 Å². The maximum absolute atomic E-state index is 13.2. The zero-order chi connectivity index (χ0) is 22.5. The number of hydrogen-bond donors (Lipinski definition) is 2. The molecular formula is C24H19ClN2O3S2. The number of halogens is 1. The van der Waals surface area contributed by atoms with Crippen LogP contribution in [0, 0.1) is 0 Å². The molecule has 0 radical (unpaired) electrons. The van der Waals surface area contributed by atoms with E-state index < -0.39 is 5.91 Å². The van der Waals surface area contributed by atoms with E-state index in [1.807, 2.05) is 66.7 Å². The summed E-state index contributed by atoms with van der Waals surface area (Å²) in [6.45, 7) is 0. The van der Waals surface area contributed by atoms with Crippen molar-refractivity contribution >= 4 is 63.6 Å². The van der Waals surface area contributed by atoms with E-state index in [0.29, 0.717) is 22.0 Å². The maximum Gasteiger partial charge on any atom is 0.291 e. The molecule has 0 aliphatic rings. The molecule has 3 N–H and O–H groups in total. The zero-order valence-corrected chi connectivity index (χ0v) is 19.2. The Hall–Kier alpha value is -2.87. The fourth-order valence-corrected chi connectivity index (χ4v) is 4.93. The Morgan fingerprint density at radius 3 is 2.44 bits per heavy atom. The third-order valence-electron chi connectivity index (χ3n) is 4.61. The molecule has 0 unspecified atom stereocenters. The number of primary amides is 1. The lowest BCUT2D eigenvalue weighted by atomic mass is 10.1. The Bertz CT molecular complexity index is 1270. The van der Waals surface area contributed by atoms with Crippen LogP contribution in [0.3, 0.4) is 0 Å². The summed E-state index contributed by atoms with van der Waals surface area (Å²) < 4.78 is 5.95. The van der Waals surface area contributed by atoms with Gasteiger partial charge in [-0.15, -0.1) is 23.5 Å². The lowest BCUT2D eigenvalue weighted by Crippen LogP contribution is -2.15. The van der Waals surface area contributed by atoms with E-state index in [1.54, 1.807) is 17.8 Å². The number of nitrogens with one attached hydrogen (secondary N) is 1. The predicted octanol–water partition coefficient (Wildman–Crippen LogP) is 6.21. The lowest BCUT2D eigenvalue weighted by molar-refractivity contribution is -0.115. The van der Waals surface area contributed by atoms with E-state index >= 15 is 0 Å². The molecule has 0 saturated heterocycles. The molecule has 1 heterocycles. The highest BCUT2D eigenvalue weighted by Crippen LogP contribution is 2.34. The quantitative estimate of drug-likeness (QED) is 0.292. The molecule has 0 bridgehead atoms. The molecule has 3 aromatic carbocycles. The highest BCUT2D eigenvalue weighted by Gasteiger charge is 2.21. The van der Waals surface area contributed by atoms with Crippen molar-refractivity contribution in [2.24, 2.45) is 5.73 Å². The predicted molar refractivity (Wildman–Crippen MR) is 132 cm³/mol. The van der Waals surface area contributed by atoms with E-state index in [1.165, 1.54) is 11.8 Å². The molecule has 0 spiro atoms. The van der Waals surface area contributed by atoms with Gasteiger partial charge < -0.3 is 15.5 Å². The van der Waals surface area contributed by atoms with Crippen LogP contribution in [0.15, 0.2) is 87.0 Å². The van der Waals surface area contributed by atoms with Crippen molar-refractivity contribution in [1.82, 2.24) is 0 Å². The van der Waals surface area contributed by atoms with Gasteiger partial charge in [-0.25, -0.2) is 0 Å². The number of carbonyl (C=O) groups excluding carboxylic acids is 2. The molecule has 8 heteroatoms. The summed E-state index contributed by atoms with van der Waals surface area (Å²) in [6, 6.07) is 22.4. The number of hydrogen-bond acceptors (Lipinski definition) is 5. The Morgan fingerprint density at radius 1 is 0.938 bits per heavy atom. The Balaban J connectivity index is 1.61. The van der Waals surface area contributed by atoms with Gasteiger partial charge in [0.25, 0.3) is 5.91 Å². The van der Waals surface area contributed by atoms with Crippen molar-refractivity contribution in [3.63, 3.8) is 0 Å². The fraction of sp³-hybridized carbons (Fsp3) is 0.0833. The topological polar surface area (TPSA) is 85.3 Å². The fourth-order valence-electron chi connectivity index (χ4n) is 3.14. The molecule has 2 amide bonds. The van der Waals surface area contributed by atoms with Gasteiger partial charge in [0, 0.05) is 31.5 Å². The Morgan fingerprint density at radius 2 is 1.66 bits per heavy atom. The van der Waals surface area contributed by atoms with Crippen LogP contribution < -0.4 is 11.1 Å². The number of amides is 2. The number of nitrogens with two attached hydrogens (primary N) is 1. The van der Waals surface area contributed by atoms with Crippen molar-refractivity contribution in [2.45, 2.75) is 15.5 Å². The van der Waals surface area contributed by atoms with E-state index in [9.17, 15) is 9.59 Å². The second-order valence-corrected chi connectivity index (χ2v) is 9.36. The minimum absolute atomic E-state index is 0.125. The van der Waals surface area contributed by atoms with Crippen LogP contribution in [0.25, 0.3) is 11.0 Å². The molecule has 5 nitrogen and oxygen atoms in total. The molecule has 0 atom stereocenters. The highest BCUT2D eigenvalue weighted by molar-refractivity contribution is 8.00. The summed E-state index contributed by atoms with van der Waals surface area (Å²) in [4.78, 5) is 26.2. The third kappa shape index (κ3) is 5.30. The number of carbonyl (C=O) groups is 2. The van der Waals surface area contributed by atoms with Crippen LogP contribution in [0.2, 0.25) is 5.02 Å². The molecule has 4 rings (SSSR count). The molecule has 0 saturated carbocycles. The average molecular weight is 483 g/mol. The van der Waals surface area contributed by atoms with Crippen molar-refractivity contribution in [2.75, 3.05) is 11.1 Å². The van der Waals surface area contributed by atoms with Crippen molar-refractivity contribution in [3.05, 3.63) is 89.1 Å². The molecule has 4 aromatic rings. The van der Waals surface area contributed by atoms with Crippen LogP contribution in [0.4, 0.5) is 5.69 Å². The van der Waals surface area contributed by atoms with Crippen LogP contribution >= 0.6 is 35.1 Å². The first-order chi connectivity index (χ1) is 15.5. The first-order valence-corrected chi connectivity index (χ1v) is 12.1. The summed E-state index contributed by atoms with van der Waals surface area (Å²) in [5.41, 5.74) is 7.33. The largest absolute Gasteiger partial charge is 0.451 e. The number of rotatable bonds is 8. The van der Waals surface area contributed by atoms with Crippen LogP contribution in [0.1, 0.15) is 16.1 Å². The number of para-hydroxylation sites is 2. The normalized spacial score (nSPS) is 10.9. The van der Waals surface area contributed by atoms with Gasteiger partial charge in [0.1, 0.15) is 5.58 Å². The van der Waals surface area contributed by atoms with Crippen LogP contribution in [0.5, 0.6) is 0 Å². The van der Waals surface area contributed by atoms with E-state index in [0.717, 1.165) is 20.7 Å². The zero-order valence-electron chi connectivity index (χ0n) is 16.8. The molecule has 0 aliphatic heterocycles. The van der Waals surface area contributed by atoms with Gasteiger partial charge in [-0.1, -0.05) is 41.9 Å². The summed E-state index contributed by atoms with van der Waals surface area (Å²) in [5, 5.41) is 4.50. The van der Waals surface area contributed by atoms with Crippen LogP contribution in [-0.2, 0) is 10.5 Å². The molecule has 1 aromatic heterocycles. The Kier molecular flexibility index (Phi) is 7.09. The second-order valence-electron chi connectivity index (χ2n) is 6.85. The maximum atomic E-state index is 13.2. The molecule has 162 valence electrons. The standard InChI is InChI=1S/C24H19ClN2O3S2/c25-15-9-11-16(12-10-15)31-13-18-17-5-1-3-7-20(17)30-23(18)24(29)27-19-6-2-4-8-21(19)32-14-22(26)28/h1-12H,13-14H2,(H2,26,28)(H,27,29). The summed E-state index contributed by atoms with van der Waals surface area (Å²) in [6.07, 6.45) is 0. The van der Waals surface area contributed by atoms with Gasteiger partial charge in [-0.2, -0.15) is 0 Å². The van der Waals surface area contributed by atoms with Crippen molar-refractivity contribution in [3.8, 4) is 0 Å². The average Bonchev–Trinajstić information content (AvgIpc) is 3.17. The molecule has 32 heavy (non-hydrogen) atoms. The SMILES string of the molecule is NC(=O)CSc1ccccc1NC(=O)c1oc2ccccc2c1CSc1ccc(Cl)cc1. The van der Waals surface area contributed by atoms with Crippen molar-refractivity contribution in [1.29, 1.82) is 0 Å². The summed E-state index contributed by atoms with van der Waals surface area (Å²) in [7, 11) is 0. The first kappa shape index (κ1) is 22.3. The number of furan rings is 1. The minimum atomic E-state index is -0.421. The molecular weight excluding hydrogens is 464 g/mol. The van der Waals surface area contributed by atoms with Gasteiger partial charge in [-0.05, 0) is 42.5 Å². The minimum Gasteiger partial charge on any atom is -0.451 e. The smallest absolute Gasteiger partial charge is 0.291 e. The lowest BCUT2D eigenvalue weighted by Gasteiger charge is -2.10. The van der Waals surface area contributed by atoms with E-state index in [-0.39, 0.29) is 17.4 Å². The monoisotopic (exact) mass is 482 g/mol.